The maximum Gasteiger partial charge on any atom is 0.330 e. The van der Waals surface area contributed by atoms with Crippen LogP contribution in [0.5, 0.6) is 0 Å². The van der Waals surface area contributed by atoms with Gasteiger partial charge in [-0.2, -0.15) is 0 Å². The van der Waals surface area contributed by atoms with E-state index >= 15 is 0 Å². The first-order valence-corrected chi connectivity index (χ1v) is 8.88. The minimum absolute atomic E-state index is 0.353. The van der Waals surface area contributed by atoms with Crippen LogP contribution >= 0.6 is 0 Å². The van der Waals surface area contributed by atoms with Crippen molar-refractivity contribution in [2.45, 2.75) is 51.4 Å². The maximum absolute atomic E-state index is 12.4. The van der Waals surface area contributed by atoms with Gasteiger partial charge in [0.05, 0.1) is 5.56 Å². The Morgan fingerprint density at radius 3 is 2.23 bits per heavy atom. The van der Waals surface area contributed by atoms with E-state index < -0.39 is 72.3 Å². The van der Waals surface area contributed by atoms with Crippen molar-refractivity contribution in [3.63, 3.8) is 0 Å². The zero-order valence-electron chi connectivity index (χ0n) is 16.7. The van der Waals surface area contributed by atoms with Gasteiger partial charge in [-0.05, 0) is 0 Å². The number of rotatable bonds is 7. The molecular formula is C17H21N3O11. The number of aliphatic hydroxyl groups excluding tert-OH is 1. The van der Waals surface area contributed by atoms with E-state index in [0.29, 0.717) is 4.57 Å². The number of aromatic amines is 1. The lowest BCUT2D eigenvalue weighted by Gasteiger charge is -2.23. The van der Waals surface area contributed by atoms with Crippen molar-refractivity contribution in [2.75, 3.05) is 6.61 Å². The molecule has 1 fully saturated rings. The molecule has 0 aliphatic carbocycles. The van der Waals surface area contributed by atoms with Gasteiger partial charge in [0, 0.05) is 27.0 Å². The lowest BCUT2D eigenvalue weighted by atomic mass is 10.0. The molecule has 170 valence electrons. The maximum atomic E-state index is 12.4. The zero-order chi connectivity index (χ0) is 23.5. The average Bonchev–Trinajstić information content (AvgIpc) is 2.95. The number of aromatic nitrogens is 2. The largest absolute Gasteiger partial charge is 0.463 e. The van der Waals surface area contributed by atoms with Crippen LogP contribution < -0.4 is 17.0 Å². The molecule has 0 aromatic carbocycles. The summed E-state index contributed by atoms with van der Waals surface area (Å²) >= 11 is 0. The van der Waals surface area contributed by atoms with Crippen LogP contribution in [0.2, 0.25) is 0 Å². The van der Waals surface area contributed by atoms with Crippen LogP contribution in [0.15, 0.2) is 15.8 Å². The monoisotopic (exact) mass is 443 g/mol. The Hall–Kier alpha value is -3.52. The minimum Gasteiger partial charge on any atom is -0.463 e. The Labute approximate surface area is 173 Å². The summed E-state index contributed by atoms with van der Waals surface area (Å²) < 4.78 is 21.3. The number of carbonyl (C=O) groups excluding carboxylic acids is 4. The van der Waals surface area contributed by atoms with Crippen LogP contribution in [0, 0.1) is 0 Å². The first kappa shape index (κ1) is 23.8. The van der Waals surface area contributed by atoms with Crippen molar-refractivity contribution in [3.05, 3.63) is 32.6 Å². The van der Waals surface area contributed by atoms with Crippen molar-refractivity contribution in [3.8, 4) is 0 Å². The van der Waals surface area contributed by atoms with Gasteiger partial charge in [0.15, 0.2) is 12.2 Å². The average molecular weight is 443 g/mol. The molecule has 3 unspecified atom stereocenters. The normalized spacial score (nSPS) is 23.6. The van der Waals surface area contributed by atoms with Crippen LogP contribution in [0.4, 0.5) is 0 Å². The second-order valence-corrected chi connectivity index (χ2v) is 6.57. The number of hydrogen-bond donors (Lipinski definition) is 3. The quantitative estimate of drug-likeness (QED) is 0.293. The van der Waals surface area contributed by atoms with Crippen molar-refractivity contribution < 1.29 is 43.2 Å². The number of H-pyrrole nitrogens is 1. The molecule has 2 heterocycles. The Balaban J connectivity index is 2.56. The fraction of sp³-hybridized carbons (Fsp3) is 0.529. The molecule has 14 nitrogen and oxygen atoms in total. The van der Waals surface area contributed by atoms with E-state index in [0.717, 1.165) is 27.0 Å². The molecule has 1 saturated heterocycles. The second kappa shape index (κ2) is 9.53. The van der Waals surface area contributed by atoms with Gasteiger partial charge in [-0.15, -0.1) is 0 Å². The van der Waals surface area contributed by atoms with Crippen LogP contribution in [0.3, 0.4) is 0 Å². The van der Waals surface area contributed by atoms with E-state index in [1.54, 1.807) is 0 Å². The summed E-state index contributed by atoms with van der Waals surface area (Å²) in [6, 6.07) is 0. The number of carbonyl (C=O) groups is 4. The first-order chi connectivity index (χ1) is 14.4. The summed E-state index contributed by atoms with van der Waals surface area (Å²) in [7, 11) is 0. The van der Waals surface area contributed by atoms with Crippen molar-refractivity contribution in [1.29, 1.82) is 0 Å². The Morgan fingerprint density at radius 2 is 1.71 bits per heavy atom. The van der Waals surface area contributed by atoms with Crippen LogP contribution in [-0.2, 0) is 38.1 Å². The van der Waals surface area contributed by atoms with Crippen LogP contribution in [-0.4, -0.2) is 63.4 Å². The second-order valence-electron chi connectivity index (χ2n) is 6.57. The van der Waals surface area contributed by atoms with Gasteiger partial charge in [-0.25, -0.2) is 4.79 Å². The summed E-state index contributed by atoms with van der Waals surface area (Å²) in [4.78, 5) is 71.9. The van der Waals surface area contributed by atoms with Crippen LogP contribution in [0.25, 0.3) is 0 Å². The molecule has 14 heteroatoms. The van der Waals surface area contributed by atoms with Gasteiger partial charge in [0.2, 0.25) is 6.23 Å². The highest BCUT2D eigenvalue weighted by atomic mass is 16.6. The van der Waals surface area contributed by atoms with Gasteiger partial charge in [0.25, 0.3) is 11.5 Å². The first-order valence-electron chi connectivity index (χ1n) is 8.88. The Kier molecular flexibility index (Phi) is 7.30. The molecule has 0 spiro atoms. The number of nitrogens with two attached hydrogens (primary N) is 1. The Morgan fingerprint density at radius 1 is 1.13 bits per heavy atom. The van der Waals surface area contributed by atoms with Gasteiger partial charge in [-0.3, -0.25) is 33.5 Å². The summed E-state index contributed by atoms with van der Waals surface area (Å²) in [6.45, 7) is 2.85. The number of nitrogens with one attached hydrogen (secondary N) is 1. The van der Waals surface area contributed by atoms with E-state index in [1.165, 1.54) is 0 Å². The molecule has 1 amide bonds. The highest BCUT2D eigenvalue weighted by molar-refractivity contribution is 5.76. The third-order valence-corrected chi connectivity index (χ3v) is 4.18. The molecule has 0 bridgehead atoms. The molecule has 1 aliphatic rings. The molecule has 1 aromatic heterocycles. The fourth-order valence-corrected chi connectivity index (χ4v) is 2.99. The number of hydrogen-bond acceptors (Lipinski definition) is 11. The van der Waals surface area contributed by atoms with Gasteiger partial charge < -0.3 is 29.8 Å². The van der Waals surface area contributed by atoms with Gasteiger partial charge >= 0.3 is 23.6 Å². The number of nitrogens with zero attached hydrogens (tertiary/aromatic N) is 1. The summed E-state index contributed by atoms with van der Waals surface area (Å²) in [6.07, 6.45) is -6.56. The molecular weight excluding hydrogens is 422 g/mol. The lowest BCUT2D eigenvalue weighted by Crippen LogP contribution is -2.42. The fourth-order valence-electron chi connectivity index (χ4n) is 2.99. The zero-order valence-corrected chi connectivity index (χ0v) is 16.7. The van der Waals surface area contributed by atoms with Gasteiger partial charge in [0.1, 0.15) is 18.8 Å². The number of ether oxygens (including phenoxy) is 4. The summed E-state index contributed by atoms with van der Waals surface area (Å²) in [5, 5.41) is 9.83. The number of primary amides is 1. The van der Waals surface area contributed by atoms with E-state index in [9.17, 15) is 33.9 Å². The molecule has 0 radical (unpaired) electrons. The van der Waals surface area contributed by atoms with Crippen molar-refractivity contribution in [1.82, 2.24) is 9.55 Å². The SMILES string of the molecule is CC(=O)OC[C@H]1O[C@@H](c2cn(C(O)C(N)=O)c(=O)[nH]c2=O)C(OC(C)=O)C1OC(C)=O. The third-order valence-electron chi connectivity index (χ3n) is 4.18. The van der Waals surface area contributed by atoms with E-state index in [1.807, 2.05) is 4.98 Å². The Bertz CT molecular complexity index is 998. The lowest BCUT2D eigenvalue weighted by molar-refractivity contribution is -0.165. The molecule has 4 N–H and O–H groups in total. The number of esters is 3. The topological polar surface area (TPSA) is 206 Å². The highest BCUT2D eigenvalue weighted by Gasteiger charge is 2.51. The molecule has 0 saturated carbocycles. The van der Waals surface area contributed by atoms with E-state index in [2.05, 4.69) is 0 Å². The standard InChI is InChI=1S/C17H21N3O11/c1-6(21)28-5-10-12(29-7(2)22)13(30-8(3)23)11(31-10)9-4-20(16(26)14(18)24)17(27)19-15(9)25/h4,10-13,16,26H,5H2,1-3H3,(H2,18,24)(H,19,25,27)/t10-,11+,12?,13?,16?/m1/s1. The van der Waals surface area contributed by atoms with E-state index in [4.69, 9.17) is 24.7 Å². The minimum atomic E-state index is -2.11. The molecule has 1 aliphatic heterocycles. The summed E-state index contributed by atoms with van der Waals surface area (Å²) in [5.74, 6) is -3.55. The number of amides is 1. The predicted molar refractivity (Wildman–Crippen MR) is 97.1 cm³/mol. The highest BCUT2D eigenvalue weighted by Crippen LogP contribution is 2.36. The molecule has 5 atom stereocenters. The molecule has 31 heavy (non-hydrogen) atoms. The third kappa shape index (κ3) is 5.55. The molecule has 1 aromatic rings. The van der Waals surface area contributed by atoms with Gasteiger partial charge in [-0.1, -0.05) is 0 Å². The smallest absolute Gasteiger partial charge is 0.330 e. The summed E-state index contributed by atoms with van der Waals surface area (Å²) in [5.41, 5.74) is 2.50. The predicted octanol–water partition coefficient (Wildman–Crippen LogP) is -2.62. The number of aliphatic hydroxyl groups is 1. The van der Waals surface area contributed by atoms with Crippen molar-refractivity contribution >= 4 is 23.8 Å². The van der Waals surface area contributed by atoms with Crippen molar-refractivity contribution in [2.24, 2.45) is 5.73 Å². The van der Waals surface area contributed by atoms with Crippen LogP contribution in [0.1, 0.15) is 38.7 Å². The molecule has 2 rings (SSSR count). The van der Waals surface area contributed by atoms with E-state index in [-0.39, 0.29) is 5.56 Å².